The molecule has 0 rings (SSSR count). The van der Waals surface area contributed by atoms with Crippen LogP contribution in [0.5, 0.6) is 0 Å². The topological polar surface area (TPSA) is 75.6 Å². The highest BCUT2D eigenvalue weighted by Crippen LogP contribution is 1.95. The van der Waals surface area contributed by atoms with Crippen molar-refractivity contribution in [3.63, 3.8) is 0 Å². The summed E-state index contributed by atoms with van der Waals surface area (Å²) in [5, 5.41) is 8.13. The average molecular weight is 199 g/mol. The lowest BCUT2D eigenvalue weighted by Gasteiger charge is -2.03. The fraction of sp³-hybridized carbons (Fsp3) is 0.556. The van der Waals surface area contributed by atoms with Crippen molar-refractivity contribution in [2.24, 2.45) is 5.92 Å². The quantitative estimate of drug-likeness (QED) is 0.516. The Morgan fingerprint density at radius 2 is 2.21 bits per heavy atom. The van der Waals surface area contributed by atoms with Crippen LogP contribution >= 0.6 is 0 Å². The number of carbonyl (C=O) groups is 2. The van der Waals surface area contributed by atoms with Crippen molar-refractivity contribution in [2.75, 3.05) is 0 Å². The van der Waals surface area contributed by atoms with E-state index in [-0.39, 0.29) is 0 Å². The molecule has 0 aliphatic carbocycles. The number of amides is 1. The Hall–Kier alpha value is -1.70. The Labute approximate surface area is 82.4 Å². The van der Waals surface area contributed by atoms with Crippen molar-refractivity contribution in [1.82, 2.24) is 5.48 Å². The number of hydroxylamine groups is 1. The maximum absolute atomic E-state index is 11.0. The molecule has 2 N–H and O–H groups in total. The van der Waals surface area contributed by atoms with Crippen LogP contribution in [-0.4, -0.2) is 17.2 Å². The van der Waals surface area contributed by atoms with Crippen LogP contribution < -0.4 is 5.48 Å². The first kappa shape index (κ1) is 12.3. The third-order valence-electron chi connectivity index (χ3n) is 1.29. The largest absolute Gasteiger partial charge is 0.463 e. The van der Waals surface area contributed by atoms with Crippen molar-refractivity contribution in [1.29, 1.82) is 0 Å². The molecule has 0 saturated heterocycles. The minimum absolute atomic E-state index is 0.617. The van der Waals surface area contributed by atoms with E-state index in [9.17, 15) is 9.59 Å². The Balaban J connectivity index is 3.89. The molecular formula is C9H13NO4. The van der Waals surface area contributed by atoms with E-state index in [4.69, 9.17) is 5.11 Å². The Morgan fingerprint density at radius 1 is 1.57 bits per heavy atom. The van der Waals surface area contributed by atoms with E-state index in [1.165, 1.54) is 5.48 Å². The van der Waals surface area contributed by atoms with Gasteiger partial charge in [-0.25, -0.2) is 9.59 Å². The highest BCUT2D eigenvalue weighted by atomic mass is 16.7. The molecular weight excluding hydrogens is 186 g/mol. The van der Waals surface area contributed by atoms with Crippen LogP contribution in [0.15, 0.2) is 0 Å². The number of nitrogens with one attached hydrogen (secondary N) is 1. The van der Waals surface area contributed by atoms with E-state index in [1.807, 2.05) is 6.92 Å². The molecule has 0 fully saturated rings. The minimum atomic E-state index is -1.41. The van der Waals surface area contributed by atoms with Crippen LogP contribution in [0.25, 0.3) is 0 Å². The van der Waals surface area contributed by atoms with E-state index < -0.39 is 18.0 Å². The average Bonchev–Trinajstić information content (AvgIpc) is 2.14. The summed E-state index contributed by atoms with van der Waals surface area (Å²) < 4.78 is 0. The highest BCUT2D eigenvalue weighted by molar-refractivity contribution is 5.76. The molecule has 1 atom stereocenters. The van der Waals surface area contributed by atoms with Crippen LogP contribution in [0.2, 0.25) is 0 Å². The monoisotopic (exact) mass is 199 g/mol. The summed E-state index contributed by atoms with van der Waals surface area (Å²) in [6.07, 6.45) is 0.221. The van der Waals surface area contributed by atoms with Gasteiger partial charge in [0.25, 0.3) is 0 Å². The maximum Gasteiger partial charge on any atom is 0.438 e. The van der Waals surface area contributed by atoms with Gasteiger partial charge in [0, 0.05) is 6.42 Å². The molecule has 14 heavy (non-hydrogen) atoms. The van der Waals surface area contributed by atoms with Gasteiger partial charge in [0.15, 0.2) is 0 Å². The van der Waals surface area contributed by atoms with Gasteiger partial charge in [0.1, 0.15) is 5.92 Å². The van der Waals surface area contributed by atoms with Crippen molar-refractivity contribution in [2.45, 2.75) is 26.7 Å². The van der Waals surface area contributed by atoms with E-state index in [2.05, 4.69) is 16.7 Å². The van der Waals surface area contributed by atoms with Gasteiger partial charge >= 0.3 is 12.1 Å². The van der Waals surface area contributed by atoms with Gasteiger partial charge in [0.05, 0.1) is 0 Å². The van der Waals surface area contributed by atoms with Gasteiger partial charge in [-0.1, -0.05) is 12.8 Å². The second kappa shape index (κ2) is 6.78. The predicted molar refractivity (Wildman–Crippen MR) is 49.1 cm³/mol. The summed E-state index contributed by atoms with van der Waals surface area (Å²) in [4.78, 5) is 25.2. The fourth-order valence-corrected chi connectivity index (χ4v) is 0.592. The van der Waals surface area contributed by atoms with Gasteiger partial charge in [-0.3, -0.25) is 0 Å². The van der Waals surface area contributed by atoms with E-state index in [0.717, 1.165) is 6.42 Å². The van der Waals surface area contributed by atoms with Crippen LogP contribution in [0.1, 0.15) is 26.7 Å². The number of hydrogen-bond acceptors (Lipinski definition) is 3. The molecule has 0 aliphatic heterocycles. The van der Waals surface area contributed by atoms with Crippen LogP contribution in [-0.2, 0) is 9.63 Å². The van der Waals surface area contributed by atoms with Gasteiger partial charge in [0.2, 0.25) is 0 Å². The first-order chi connectivity index (χ1) is 6.57. The first-order valence-electron chi connectivity index (χ1n) is 4.26. The normalized spacial score (nSPS) is 10.7. The Bertz CT molecular complexity index is 264. The molecule has 5 nitrogen and oxygen atoms in total. The zero-order valence-corrected chi connectivity index (χ0v) is 8.16. The van der Waals surface area contributed by atoms with Gasteiger partial charge < -0.3 is 9.94 Å². The molecule has 0 aliphatic rings. The number of unbranched alkanes of at least 4 members (excludes halogenated alkanes) is 1. The van der Waals surface area contributed by atoms with E-state index in [0.29, 0.717) is 6.42 Å². The predicted octanol–water partition coefficient (Wildman–Crippen LogP) is 1.15. The molecule has 0 aromatic carbocycles. The fourth-order valence-electron chi connectivity index (χ4n) is 0.592. The lowest BCUT2D eigenvalue weighted by Crippen LogP contribution is -2.27. The lowest BCUT2D eigenvalue weighted by atomic mass is 10.2. The highest BCUT2D eigenvalue weighted by Gasteiger charge is 2.12. The molecule has 0 heterocycles. The molecule has 5 heteroatoms. The lowest BCUT2D eigenvalue weighted by molar-refractivity contribution is -0.151. The molecule has 0 bridgehead atoms. The van der Waals surface area contributed by atoms with E-state index >= 15 is 0 Å². The molecule has 0 saturated carbocycles. The smallest absolute Gasteiger partial charge is 0.438 e. The van der Waals surface area contributed by atoms with Gasteiger partial charge in [-0.2, -0.15) is 0 Å². The standard InChI is InChI=1S/C9H13NO4/c1-3-4-5-6-7(2)8(11)14-10-9(12)13/h7,10H,3-4H2,1-2H3,(H,12,13). The van der Waals surface area contributed by atoms with Crippen molar-refractivity contribution >= 4 is 12.1 Å². The second-order valence-electron chi connectivity index (χ2n) is 2.62. The number of carboxylic acid groups (broad SMARTS) is 1. The van der Waals surface area contributed by atoms with Crippen LogP contribution in [0.3, 0.4) is 0 Å². The minimum Gasteiger partial charge on any atom is -0.463 e. The Kier molecular flexibility index (Phi) is 5.95. The summed E-state index contributed by atoms with van der Waals surface area (Å²) in [5.41, 5.74) is 1.52. The van der Waals surface area contributed by atoms with Gasteiger partial charge in [-0.15, -0.1) is 11.4 Å². The Morgan fingerprint density at radius 3 is 2.71 bits per heavy atom. The number of carbonyl (C=O) groups excluding carboxylic acids is 1. The maximum atomic E-state index is 11.0. The number of hydrogen-bond donors (Lipinski definition) is 2. The summed E-state index contributed by atoms with van der Waals surface area (Å²) >= 11 is 0. The third-order valence-corrected chi connectivity index (χ3v) is 1.29. The van der Waals surface area contributed by atoms with Crippen molar-refractivity contribution < 1.29 is 19.5 Å². The molecule has 1 unspecified atom stereocenters. The summed E-state index contributed by atoms with van der Waals surface area (Å²) in [6, 6.07) is 0. The number of rotatable bonds is 2. The van der Waals surface area contributed by atoms with Crippen LogP contribution in [0, 0.1) is 17.8 Å². The summed E-state index contributed by atoms with van der Waals surface area (Å²) in [6.45, 7) is 3.53. The molecule has 0 radical (unpaired) electrons. The van der Waals surface area contributed by atoms with Gasteiger partial charge in [-0.05, 0) is 13.3 Å². The molecule has 0 spiro atoms. The zero-order chi connectivity index (χ0) is 11.0. The SMILES string of the molecule is CCCC#CC(C)C(=O)ONC(=O)O. The molecule has 1 amide bonds. The van der Waals surface area contributed by atoms with Crippen molar-refractivity contribution in [3.05, 3.63) is 0 Å². The molecule has 78 valence electrons. The summed E-state index contributed by atoms with van der Waals surface area (Å²) in [5.74, 6) is 4.11. The zero-order valence-electron chi connectivity index (χ0n) is 8.16. The third kappa shape index (κ3) is 5.89. The van der Waals surface area contributed by atoms with E-state index in [1.54, 1.807) is 6.92 Å². The van der Waals surface area contributed by atoms with Crippen molar-refractivity contribution in [3.8, 4) is 11.8 Å². The second-order valence-corrected chi connectivity index (χ2v) is 2.62. The molecule has 0 aromatic heterocycles. The summed E-state index contributed by atoms with van der Waals surface area (Å²) in [7, 11) is 0. The first-order valence-corrected chi connectivity index (χ1v) is 4.26. The molecule has 0 aromatic rings. The van der Waals surface area contributed by atoms with Crippen LogP contribution in [0.4, 0.5) is 4.79 Å².